The predicted molar refractivity (Wildman–Crippen MR) is 59.2 cm³/mol. The minimum Gasteiger partial charge on any atom is -0.375 e. The van der Waals surface area contributed by atoms with E-state index in [0.29, 0.717) is 11.3 Å². The quantitative estimate of drug-likeness (QED) is 0.580. The molecular weight excluding hydrogens is 172 g/mol. The average molecular weight is 194 g/mol. The largest absolute Gasteiger partial charge is 0.375 e. The van der Waals surface area contributed by atoms with E-state index in [1.165, 1.54) is 31.3 Å². The molecule has 1 heteroatoms. The van der Waals surface area contributed by atoms with Gasteiger partial charge in [-0.15, -0.1) is 0 Å². The maximum absolute atomic E-state index is 5.98. The summed E-state index contributed by atoms with van der Waals surface area (Å²) in [7, 11) is 0. The lowest BCUT2D eigenvalue weighted by atomic mass is 9.78. The molecule has 0 bridgehead atoms. The Kier molecular flexibility index (Phi) is 2.26. The van der Waals surface area contributed by atoms with E-state index in [1.54, 1.807) is 0 Å². The first-order chi connectivity index (χ1) is 6.45. The van der Waals surface area contributed by atoms with E-state index in [1.807, 2.05) is 0 Å². The van der Waals surface area contributed by atoms with Crippen LogP contribution in [0.25, 0.3) is 0 Å². The van der Waals surface area contributed by atoms with Gasteiger partial charge in [0.25, 0.3) is 0 Å². The van der Waals surface area contributed by atoms with Crippen molar-refractivity contribution in [2.24, 2.45) is 11.3 Å². The van der Waals surface area contributed by atoms with Gasteiger partial charge in [0, 0.05) is 6.61 Å². The minimum atomic E-state index is 0.215. The van der Waals surface area contributed by atoms with E-state index in [9.17, 15) is 0 Å². The van der Waals surface area contributed by atoms with Crippen molar-refractivity contribution >= 4 is 0 Å². The van der Waals surface area contributed by atoms with Crippen LogP contribution in [0.15, 0.2) is 12.2 Å². The van der Waals surface area contributed by atoms with Crippen molar-refractivity contribution in [2.75, 3.05) is 6.61 Å². The summed E-state index contributed by atoms with van der Waals surface area (Å²) in [6.45, 7) is 12.0. The SMILES string of the molecule is C=C(C)C1CC2(CCCO2)CC1(C)C. The van der Waals surface area contributed by atoms with Gasteiger partial charge in [-0.3, -0.25) is 0 Å². The Morgan fingerprint density at radius 3 is 2.57 bits per heavy atom. The Bertz CT molecular complexity index is 246. The zero-order valence-electron chi connectivity index (χ0n) is 9.73. The molecular formula is C13H22O. The smallest absolute Gasteiger partial charge is 0.0694 e. The van der Waals surface area contributed by atoms with Crippen molar-refractivity contribution in [2.45, 2.75) is 52.1 Å². The third-order valence-electron chi connectivity index (χ3n) is 4.08. The summed E-state index contributed by atoms with van der Waals surface area (Å²) in [5.74, 6) is 0.653. The zero-order chi connectivity index (χ0) is 10.4. The molecule has 0 radical (unpaired) electrons. The molecule has 1 heterocycles. The van der Waals surface area contributed by atoms with Crippen molar-refractivity contribution in [1.82, 2.24) is 0 Å². The molecule has 0 aromatic carbocycles. The Balaban J connectivity index is 2.19. The van der Waals surface area contributed by atoms with Gasteiger partial charge in [-0.1, -0.05) is 26.0 Å². The molecule has 2 unspecified atom stereocenters. The Morgan fingerprint density at radius 2 is 2.14 bits per heavy atom. The Morgan fingerprint density at radius 1 is 1.43 bits per heavy atom. The third kappa shape index (κ3) is 1.52. The molecule has 14 heavy (non-hydrogen) atoms. The van der Waals surface area contributed by atoms with Gasteiger partial charge in [-0.2, -0.15) is 0 Å². The van der Waals surface area contributed by atoms with Gasteiger partial charge in [0.2, 0.25) is 0 Å². The summed E-state index contributed by atoms with van der Waals surface area (Å²) in [6, 6.07) is 0. The van der Waals surface area contributed by atoms with Crippen molar-refractivity contribution in [1.29, 1.82) is 0 Å². The number of allylic oxidation sites excluding steroid dienone is 1. The zero-order valence-corrected chi connectivity index (χ0v) is 9.73. The number of rotatable bonds is 1. The maximum atomic E-state index is 5.98. The first kappa shape index (κ1) is 10.2. The van der Waals surface area contributed by atoms with Gasteiger partial charge < -0.3 is 4.74 Å². The molecule has 2 atom stereocenters. The Labute approximate surface area is 87.5 Å². The van der Waals surface area contributed by atoms with Gasteiger partial charge in [0.15, 0.2) is 0 Å². The molecule has 1 saturated heterocycles. The highest BCUT2D eigenvalue weighted by atomic mass is 16.5. The lowest BCUT2D eigenvalue weighted by Gasteiger charge is -2.27. The fourth-order valence-electron chi connectivity index (χ4n) is 3.57. The average Bonchev–Trinajstić information content (AvgIpc) is 2.57. The first-order valence-electron chi connectivity index (χ1n) is 5.75. The van der Waals surface area contributed by atoms with Crippen LogP contribution in [-0.4, -0.2) is 12.2 Å². The van der Waals surface area contributed by atoms with Crippen LogP contribution in [0.1, 0.15) is 46.5 Å². The molecule has 1 saturated carbocycles. The summed E-state index contributed by atoms with van der Waals surface area (Å²) in [5.41, 5.74) is 1.94. The van der Waals surface area contributed by atoms with Crippen molar-refractivity contribution in [3.63, 3.8) is 0 Å². The second kappa shape index (κ2) is 3.10. The predicted octanol–water partition coefficient (Wildman–Crippen LogP) is 3.55. The normalized spacial score (nSPS) is 40.6. The van der Waals surface area contributed by atoms with Crippen LogP contribution >= 0.6 is 0 Å². The molecule has 2 rings (SSSR count). The van der Waals surface area contributed by atoms with Gasteiger partial charge in [-0.05, 0) is 43.9 Å². The van der Waals surface area contributed by atoms with Crippen LogP contribution in [0.5, 0.6) is 0 Å². The van der Waals surface area contributed by atoms with E-state index in [-0.39, 0.29) is 5.60 Å². The van der Waals surface area contributed by atoms with Gasteiger partial charge >= 0.3 is 0 Å². The monoisotopic (exact) mass is 194 g/mol. The molecule has 1 aliphatic carbocycles. The first-order valence-corrected chi connectivity index (χ1v) is 5.75. The molecule has 80 valence electrons. The molecule has 0 aromatic heterocycles. The maximum Gasteiger partial charge on any atom is 0.0694 e. The summed E-state index contributed by atoms with van der Waals surface area (Å²) >= 11 is 0. The molecule has 1 spiro atoms. The molecule has 0 N–H and O–H groups in total. The second-order valence-corrected chi connectivity index (χ2v) is 5.90. The van der Waals surface area contributed by atoms with E-state index >= 15 is 0 Å². The minimum absolute atomic E-state index is 0.215. The molecule has 0 aromatic rings. The highest BCUT2D eigenvalue weighted by Crippen LogP contribution is 2.55. The topological polar surface area (TPSA) is 9.23 Å². The lowest BCUT2D eigenvalue weighted by Crippen LogP contribution is -2.24. The van der Waals surface area contributed by atoms with Crippen LogP contribution in [-0.2, 0) is 4.74 Å². The summed E-state index contributed by atoms with van der Waals surface area (Å²) < 4.78 is 5.98. The summed E-state index contributed by atoms with van der Waals surface area (Å²) in [4.78, 5) is 0. The number of ether oxygens (including phenoxy) is 1. The highest BCUT2D eigenvalue weighted by molar-refractivity contribution is 5.12. The fourth-order valence-corrected chi connectivity index (χ4v) is 3.57. The molecule has 1 nitrogen and oxygen atoms in total. The van der Waals surface area contributed by atoms with E-state index in [2.05, 4.69) is 27.4 Å². The van der Waals surface area contributed by atoms with Crippen LogP contribution in [0.2, 0.25) is 0 Å². The highest BCUT2D eigenvalue weighted by Gasteiger charge is 2.51. The van der Waals surface area contributed by atoms with Crippen LogP contribution in [0.3, 0.4) is 0 Å². The van der Waals surface area contributed by atoms with Crippen molar-refractivity contribution < 1.29 is 4.74 Å². The van der Waals surface area contributed by atoms with Gasteiger partial charge in [-0.25, -0.2) is 0 Å². The molecule has 1 aliphatic heterocycles. The molecule has 2 aliphatic rings. The molecule has 2 fully saturated rings. The van der Waals surface area contributed by atoms with Gasteiger partial charge in [0.05, 0.1) is 5.60 Å². The number of hydrogen-bond acceptors (Lipinski definition) is 1. The van der Waals surface area contributed by atoms with E-state index in [4.69, 9.17) is 4.74 Å². The van der Waals surface area contributed by atoms with E-state index in [0.717, 1.165) is 6.61 Å². The third-order valence-corrected chi connectivity index (χ3v) is 4.08. The van der Waals surface area contributed by atoms with Crippen LogP contribution < -0.4 is 0 Å². The molecule has 0 amide bonds. The Hall–Kier alpha value is -0.300. The van der Waals surface area contributed by atoms with Crippen molar-refractivity contribution in [3.05, 3.63) is 12.2 Å². The fraction of sp³-hybridized carbons (Fsp3) is 0.846. The lowest BCUT2D eigenvalue weighted by molar-refractivity contribution is 0.00224. The second-order valence-electron chi connectivity index (χ2n) is 5.90. The van der Waals surface area contributed by atoms with Crippen LogP contribution in [0, 0.1) is 11.3 Å². The summed E-state index contributed by atoms with van der Waals surface area (Å²) in [5, 5.41) is 0. The standard InChI is InChI=1S/C13H22O/c1-10(2)11-8-13(6-5-7-14-13)9-12(11,3)4/h11H,1,5-9H2,2-4H3. The van der Waals surface area contributed by atoms with Crippen molar-refractivity contribution in [3.8, 4) is 0 Å². The number of hydrogen-bond donors (Lipinski definition) is 0. The van der Waals surface area contributed by atoms with Crippen LogP contribution in [0.4, 0.5) is 0 Å². The van der Waals surface area contributed by atoms with Gasteiger partial charge in [0.1, 0.15) is 0 Å². The van der Waals surface area contributed by atoms with E-state index < -0.39 is 0 Å². The summed E-state index contributed by atoms with van der Waals surface area (Å²) in [6.07, 6.45) is 4.94.